The Bertz CT molecular complexity index is 1430. The number of halogens is 2. The van der Waals surface area contributed by atoms with Gasteiger partial charge in [-0.05, 0) is 47.0 Å². The summed E-state index contributed by atoms with van der Waals surface area (Å²) in [5.41, 5.74) is 3.69. The predicted molar refractivity (Wildman–Crippen MR) is 118 cm³/mol. The smallest absolute Gasteiger partial charge is 0.338 e. The molecule has 0 N–H and O–H groups in total. The van der Waals surface area contributed by atoms with Crippen LogP contribution in [0.1, 0.15) is 28.8 Å². The molecule has 0 saturated carbocycles. The van der Waals surface area contributed by atoms with Crippen LogP contribution in [0.2, 0.25) is 0 Å². The summed E-state index contributed by atoms with van der Waals surface area (Å²) in [6, 6.07) is 13.2. The first-order valence-corrected chi connectivity index (χ1v) is 10.5. The number of benzene rings is 2. The Kier molecular flexibility index (Phi) is 4.62. The molecule has 6 nitrogen and oxygen atoms in total. The molecule has 4 aromatic rings. The third-order valence-electron chi connectivity index (χ3n) is 6.29. The molecule has 0 radical (unpaired) electrons. The molecule has 0 unspecified atom stereocenters. The highest BCUT2D eigenvalue weighted by Crippen LogP contribution is 2.33. The standard InChI is InChI=1S/C24H22F2N4O2/c1-15-18(8-11-30-21(15)27-28(2)23(30)32)20-5-3-4-16-14-17(6-7-19(16)20)22(31)29-12-9-24(25,26)10-13-29/h3-8,11,14H,9-10,12-13H2,1-2H3. The van der Waals surface area contributed by atoms with E-state index in [1.807, 2.05) is 43.3 Å². The fourth-order valence-electron chi connectivity index (χ4n) is 4.43. The summed E-state index contributed by atoms with van der Waals surface area (Å²) in [5.74, 6) is -2.91. The van der Waals surface area contributed by atoms with E-state index in [1.165, 1.54) is 14.0 Å². The normalized spacial score (nSPS) is 16.1. The van der Waals surface area contributed by atoms with Crippen molar-refractivity contribution in [2.24, 2.45) is 7.05 Å². The zero-order valence-corrected chi connectivity index (χ0v) is 17.8. The molecule has 2 aromatic carbocycles. The van der Waals surface area contributed by atoms with Crippen molar-refractivity contribution in [3.05, 3.63) is 70.3 Å². The van der Waals surface area contributed by atoms with Gasteiger partial charge >= 0.3 is 5.69 Å². The molecule has 0 aliphatic carbocycles. The van der Waals surface area contributed by atoms with Crippen LogP contribution in [0, 0.1) is 6.92 Å². The number of likely N-dealkylation sites (tertiary alicyclic amines) is 1. The zero-order chi connectivity index (χ0) is 22.6. The van der Waals surface area contributed by atoms with E-state index in [9.17, 15) is 18.4 Å². The number of nitrogens with zero attached hydrogens (tertiary/aromatic N) is 4. The number of pyridine rings is 1. The van der Waals surface area contributed by atoms with E-state index in [1.54, 1.807) is 19.3 Å². The number of hydrogen-bond acceptors (Lipinski definition) is 3. The largest absolute Gasteiger partial charge is 0.350 e. The van der Waals surface area contributed by atoms with Crippen LogP contribution in [-0.4, -0.2) is 44.0 Å². The first-order valence-electron chi connectivity index (χ1n) is 10.5. The summed E-state index contributed by atoms with van der Waals surface area (Å²) in [6.07, 6.45) is 1.12. The quantitative estimate of drug-likeness (QED) is 0.477. The van der Waals surface area contributed by atoms with Crippen LogP contribution in [0.25, 0.3) is 27.5 Å². The molecule has 1 aliphatic heterocycles. The van der Waals surface area contributed by atoms with Gasteiger partial charge in [0.15, 0.2) is 5.65 Å². The average molecular weight is 436 g/mol. The van der Waals surface area contributed by atoms with Gasteiger partial charge in [-0.1, -0.05) is 24.3 Å². The topological polar surface area (TPSA) is 59.6 Å². The van der Waals surface area contributed by atoms with Crippen LogP contribution in [-0.2, 0) is 7.05 Å². The van der Waals surface area contributed by atoms with Crippen LogP contribution in [0.15, 0.2) is 53.5 Å². The molecular weight excluding hydrogens is 414 g/mol. The molecule has 2 aromatic heterocycles. The Hall–Kier alpha value is -3.55. The molecule has 0 atom stereocenters. The second-order valence-electron chi connectivity index (χ2n) is 8.34. The molecule has 1 saturated heterocycles. The van der Waals surface area contributed by atoms with Crippen LogP contribution in [0.4, 0.5) is 8.78 Å². The highest BCUT2D eigenvalue weighted by Gasteiger charge is 2.35. The molecule has 3 heterocycles. The number of carbonyl (C=O) groups is 1. The average Bonchev–Trinajstić information content (AvgIpc) is 3.07. The van der Waals surface area contributed by atoms with Gasteiger partial charge in [0.1, 0.15) is 0 Å². The molecular formula is C24H22F2N4O2. The summed E-state index contributed by atoms with van der Waals surface area (Å²) in [4.78, 5) is 26.6. The van der Waals surface area contributed by atoms with E-state index >= 15 is 0 Å². The Morgan fingerprint density at radius 1 is 1.06 bits per heavy atom. The van der Waals surface area contributed by atoms with Gasteiger partial charge in [-0.25, -0.2) is 18.3 Å². The number of carbonyl (C=O) groups excluding carboxylic acids is 1. The number of amides is 1. The molecule has 32 heavy (non-hydrogen) atoms. The van der Waals surface area contributed by atoms with Crippen molar-refractivity contribution >= 4 is 22.3 Å². The van der Waals surface area contributed by atoms with Crippen LogP contribution < -0.4 is 5.69 Å². The minimum atomic E-state index is -2.69. The molecule has 0 bridgehead atoms. The van der Waals surface area contributed by atoms with E-state index in [0.29, 0.717) is 11.2 Å². The van der Waals surface area contributed by atoms with Crippen molar-refractivity contribution in [2.45, 2.75) is 25.7 Å². The number of piperidine rings is 1. The number of aromatic nitrogens is 3. The van der Waals surface area contributed by atoms with Crippen LogP contribution >= 0.6 is 0 Å². The van der Waals surface area contributed by atoms with Crippen LogP contribution in [0.5, 0.6) is 0 Å². The molecule has 164 valence electrons. The summed E-state index contributed by atoms with van der Waals surface area (Å²) < 4.78 is 29.7. The van der Waals surface area contributed by atoms with Crippen molar-refractivity contribution in [3.8, 4) is 11.1 Å². The minimum absolute atomic E-state index is 0.0621. The third kappa shape index (κ3) is 3.26. The van der Waals surface area contributed by atoms with Crippen molar-refractivity contribution in [3.63, 3.8) is 0 Å². The number of rotatable bonds is 2. The number of alkyl halides is 2. The van der Waals surface area contributed by atoms with Crippen molar-refractivity contribution < 1.29 is 13.6 Å². The fraction of sp³-hybridized carbons (Fsp3) is 0.292. The molecule has 1 fully saturated rings. The maximum atomic E-state index is 13.4. The maximum Gasteiger partial charge on any atom is 0.350 e. The molecule has 5 rings (SSSR count). The third-order valence-corrected chi connectivity index (χ3v) is 6.29. The fourth-order valence-corrected chi connectivity index (χ4v) is 4.43. The monoisotopic (exact) mass is 436 g/mol. The lowest BCUT2D eigenvalue weighted by atomic mass is 9.94. The molecule has 8 heteroatoms. The maximum absolute atomic E-state index is 13.4. The highest BCUT2D eigenvalue weighted by molar-refractivity contribution is 6.03. The number of fused-ring (bicyclic) bond motifs is 2. The van der Waals surface area contributed by atoms with Gasteiger partial charge in [0.2, 0.25) is 0 Å². The lowest BCUT2D eigenvalue weighted by Crippen LogP contribution is -2.42. The van der Waals surface area contributed by atoms with Gasteiger partial charge in [-0.2, -0.15) is 0 Å². The zero-order valence-electron chi connectivity index (χ0n) is 17.8. The SMILES string of the molecule is Cc1c(-c2cccc3cc(C(=O)N4CCC(F)(F)CC4)ccc23)ccn2c(=O)n(C)nc12. The molecule has 1 aliphatic rings. The van der Waals surface area contributed by atoms with Crippen molar-refractivity contribution in [2.75, 3.05) is 13.1 Å². The van der Waals surface area contributed by atoms with E-state index in [4.69, 9.17) is 0 Å². The van der Waals surface area contributed by atoms with E-state index in [-0.39, 0.29) is 37.5 Å². The van der Waals surface area contributed by atoms with E-state index in [0.717, 1.165) is 27.5 Å². The lowest BCUT2D eigenvalue weighted by molar-refractivity contribution is -0.0494. The van der Waals surface area contributed by atoms with Crippen LogP contribution in [0.3, 0.4) is 0 Å². The Morgan fingerprint density at radius 3 is 2.56 bits per heavy atom. The van der Waals surface area contributed by atoms with Gasteiger partial charge in [-0.3, -0.25) is 9.20 Å². The summed E-state index contributed by atoms with van der Waals surface area (Å²) in [7, 11) is 1.62. The molecule has 1 amide bonds. The Balaban J connectivity index is 1.54. The van der Waals surface area contributed by atoms with Gasteiger partial charge in [0.05, 0.1) is 0 Å². The van der Waals surface area contributed by atoms with Crippen molar-refractivity contribution in [1.29, 1.82) is 0 Å². The first-order chi connectivity index (χ1) is 15.2. The number of hydrogen-bond donors (Lipinski definition) is 0. The van der Waals surface area contributed by atoms with Crippen molar-refractivity contribution in [1.82, 2.24) is 19.1 Å². The minimum Gasteiger partial charge on any atom is -0.338 e. The summed E-state index contributed by atoms with van der Waals surface area (Å²) >= 11 is 0. The highest BCUT2D eigenvalue weighted by atomic mass is 19.3. The predicted octanol–water partition coefficient (Wildman–Crippen LogP) is 4.03. The second-order valence-corrected chi connectivity index (χ2v) is 8.34. The second kappa shape index (κ2) is 7.25. The van der Waals surface area contributed by atoms with Gasteiger partial charge in [0, 0.05) is 50.3 Å². The van der Waals surface area contributed by atoms with E-state index < -0.39 is 5.92 Å². The van der Waals surface area contributed by atoms with E-state index in [2.05, 4.69) is 5.10 Å². The van der Waals surface area contributed by atoms with Gasteiger partial charge in [-0.15, -0.1) is 5.10 Å². The lowest BCUT2D eigenvalue weighted by Gasteiger charge is -2.31. The van der Waals surface area contributed by atoms with Gasteiger partial charge in [0.25, 0.3) is 11.8 Å². The Morgan fingerprint density at radius 2 is 1.81 bits per heavy atom. The number of aryl methyl sites for hydroxylation is 2. The summed E-state index contributed by atoms with van der Waals surface area (Å²) in [5, 5.41) is 6.18. The van der Waals surface area contributed by atoms with Gasteiger partial charge < -0.3 is 4.90 Å². The first kappa shape index (κ1) is 20.4. The Labute approximate surface area is 182 Å². The molecule has 0 spiro atoms. The summed E-state index contributed by atoms with van der Waals surface area (Å²) in [6.45, 7) is 2.05.